The van der Waals surface area contributed by atoms with Crippen molar-refractivity contribution < 1.29 is 13.2 Å². The zero-order valence-corrected chi connectivity index (χ0v) is 8.65. The molecule has 0 fully saturated rings. The summed E-state index contributed by atoms with van der Waals surface area (Å²) < 4.78 is 38.7. The van der Waals surface area contributed by atoms with Crippen molar-refractivity contribution in [3.63, 3.8) is 0 Å². The molecule has 6 heteroatoms. The molecule has 84 valence electrons. The van der Waals surface area contributed by atoms with E-state index < -0.39 is 17.2 Å². The van der Waals surface area contributed by atoms with Crippen LogP contribution >= 0.6 is 11.6 Å². The van der Waals surface area contributed by atoms with E-state index in [1.165, 1.54) is 19.1 Å². The highest BCUT2D eigenvalue weighted by Crippen LogP contribution is 2.34. The molecule has 1 aromatic carbocycles. The highest BCUT2D eigenvalue weighted by atomic mass is 35.5. The van der Waals surface area contributed by atoms with Gasteiger partial charge in [-0.25, -0.2) is 9.82 Å². The molecule has 1 aromatic rings. The largest absolute Gasteiger partial charge is 0.342 e. The minimum Gasteiger partial charge on any atom is -0.271 e. The molecular weight excluding hydrogens is 229 g/mol. The molecule has 0 aromatic heterocycles. The van der Waals surface area contributed by atoms with Crippen molar-refractivity contribution in [1.82, 2.24) is 5.43 Å². The van der Waals surface area contributed by atoms with E-state index in [0.29, 0.717) is 5.56 Å². The number of halogens is 4. The first-order valence-electron chi connectivity index (χ1n) is 4.15. The zero-order chi connectivity index (χ0) is 11.6. The molecule has 0 heterocycles. The Morgan fingerprint density at radius 1 is 1.47 bits per heavy atom. The Kier molecular flexibility index (Phi) is 3.59. The van der Waals surface area contributed by atoms with Crippen LogP contribution in [0.5, 0.6) is 0 Å². The standard InChI is InChI=1S/C9H10ClF3N2/c1-5-2-3-6(4-7(5)11)8(15-14)9(10,12)13/h2-4,8,15H,14H2,1H3. The van der Waals surface area contributed by atoms with E-state index in [1.54, 1.807) is 0 Å². The summed E-state index contributed by atoms with van der Waals surface area (Å²) in [4.78, 5) is 0. The SMILES string of the molecule is Cc1ccc(C(NN)C(F)(F)Cl)cc1F. The molecule has 1 rings (SSSR count). The minimum atomic E-state index is -3.57. The van der Waals surface area contributed by atoms with E-state index in [1.807, 2.05) is 5.43 Å². The van der Waals surface area contributed by atoms with Crippen LogP contribution in [0.1, 0.15) is 17.2 Å². The third kappa shape index (κ3) is 2.84. The molecule has 0 bridgehead atoms. The van der Waals surface area contributed by atoms with Crippen LogP contribution < -0.4 is 11.3 Å². The Balaban J connectivity index is 3.08. The van der Waals surface area contributed by atoms with Gasteiger partial charge in [-0.1, -0.05) is 12.1 Å². The Hall–Kier alpha value is -0.780. The summed E-state index contributed by atoms with van der Waals surface area (Å²) in [5, 5.41) is -3.57. The number of aryl methyl sites for hydroxylation is 1. The molecule has 1 atom stereocenters. The maximum atomic E-state index is 13.1. The number of nitrogens with one attached hydrogen (secondary N) is 1. The average molecular weight is 239 g/mol. The molecule has 0 radical (unpaired) electrons. The van der Waals surface area contributed by atoms with Crippen LogP contribution in [0.25, 0.3) is 0 Å². The van der Waals surface area contributed by atoms with Gasteiger partial charge in [0.25, 0.3) is 0 Å². The number of rotatable bonds is 3. The molecular formula is C9H10ClF3N2. The summed E-state index contributed by atoms with van der Waals surface area (Å²) in [6.07, 6.45) is 0. The van der Waals surface area contributed by atoms with Crippen molar-refractivity contribution >= 4 is 11.6 Å². The minimum absolute atomic E-state index is 0.000556. The first kappa shape index (κ1) is 12.3. The van der Waals surface area contributed by atoms with Crippen LogP contribution in [0, 0.1) is 12.7 Å². The molecule has 3 N–H and O–H groups in total. The first-order chi connectivity index (χ1) is 6.86. The summed E-state index contributed by atoms with van der Waals surface area (Å²) in [5.41, 5.74) is 2.22. The van der Waals surface area contributed by atoms with Crippen molar-refractivity contribution in [3.8, 4) is 0 Å². The number of hydrazine groups is 1. The van der Waals surface area contributed by atoms with E-state index in [-0.39, 0.29) is 5.56 Å². The van der Waals surface area contributed by atoms with Gasteiger partial charge in [0.15, 0.2) is 0 Å². The van der Waals surface area contributed by atoms with Crippen LogP contribution in [0.2, 0.25) is 0 Å². The van der Waals surface area contributed by atoms with E-state index in [2.05, 4.69) is 0 Å². The second-order valence-corrected chi connectivity index (χ2v) is 3.65. The normalized spacial score (nSPS) is 14.0. The molecule has 0 saturated carbocycles. The lowest BCUT2D eigenvalue weighted by Gasteiger charge is -2.21. The van der Waals surface area contributed by atoms with Gasteiger partial charge in [-0.05, 0) is 35.7 Å². The molecule has 0 aliphatic carbocycles. The lowest BCUT2D eigenvalue weighted by atomic mass is 10.1. The molecule has 1 unspecified atom stereocenters. The lowest BCUT2D eigenvalue weighted by Crippen LogP contribution is -2.37. The molecule has 0 amide bonds. The second kappa shape index (κ2) is 4.38. The van der Waals surface area contributed by atoms with Gasteiger partial charge >= 0.3 is 5.38 Å². The van der Waals surface area contributed by atoms with Gasteiger partial charge in [0, 0.05) is 0 Å². The van der Waals surface area contributed by atoms with Gasteiger partial charge in [0.1, 0.15) is 11.9 Å². The Morgan fingerprint density at radius 3 is 2.47 bits per heavy atom. The van der Waals surface area contributed by atoms with E-state index in [4.69, 9.17) is 17.4 Å². The van der Waals surface area contributed by atoms with Crippen molar-refractivity contribution in [3.05, 3.63) is 35.1 Å². The fraction of sp³-hybridized carbons (Fsp3) is 0.333. The summed E-state index contributed by atoms with van der Waals surface area (Å²) >= 11 is 4.83. The highest BCUT2D eigenvalue weighted by Gasteiger charge is 2.37. The van der Waals surface area contributed by atoms with Crippen LogP contribution in [0.4, 0.5) is 13.2 Å². The number of hydrogen-bond donors (Lipinski definition) is 2. The van der Waals surface area contributed by atoms with Crippen molar-refractivity contribution in [2.75, 3.05) is 0 Å². The van der Waals surface area contributed by atoms with Gasteiger partial charge < -0.3 is 0 Å². The fourth-order valence-electron chi connectivity index (χ4n) is 1.17. The summed E-state index contributed by atoms with van der Waals surface area (Å²) in [7, 11) is 0. The number of alkyl halides is 3. The fourth-order valence-corrected chi connectivity index (χ4v) is 1.36. The van der Waals surface area contributed by atoms with Crippen molar-refractivity contribution in [2.24, 2.45) is 5.84 Å². The lowest BCUT2D eigenvalue weighted by molar-refractivity contribution is 0.0496. The molecule has 0 aliphatic heterocycles. The molecule has 0 spiro atoms. The maximum absolute atomic E-state index is 13.1. The summed E-state index contributed by atoms with van der Waals surface area (Å²) in [6, 6.07) is 2.10. The average Bonchev–Trinajstić information content (AvgIpc) is 2.10. The monoisotopic (exact) mass is 238 g/mol. The Labute approximate surface area is 90.2 Å². The van der Waals surface area contributed by atoms with Gasteiger partial charge in [-0.15, -0.1) is 0 Å². The third-order valence-corrected chi connectivity index (χ3v) is 2.24. The number of benzene rings is 1. The van der Waals surface area contributed by atoms with Gasteiger partial charge in [0.2, 0.25) is 0 Å². The summed E-state index contributed by atoms with van der Waals surface area (Å²) in [6.45, 7) is 1.53. The summed E-state index contributed by atoms with van der Waals surface area (Å²) in [5.74, 6) is 4.37. The van der Waals surface area contributed by atoms with Crippen LogP contribution in [0.15, 0.2) is 18.2 Å². The topological polar surface area (TPSA) is 38.0 Å². The second-order valence-electron chi connectivity index (χ2n) is 3.15. The molecule has 0 aliphatic rings. The Morgan fingerprint density at radius 2 is 2.07 bits per heavy atom. The third-order valence-electron chi connectivity index (χ3n) is 2.02. The van der Waals surface area contributed by atoms with Gasteiger partial charge in [-0.3, -0.25) is 5.84 Å². The molecule has 2 nitrogen and oxygen atoms in total. The first-order valence-corrected chi connectivity index (χ1v) is 4.53. The Bertz CT molecular complexity index is 352. The highest BCUT2D eigenvalue weighted by molar-refractivity contribution is 6.22. The van der Waals surface area contributed by atoms with E-state index >= 15 is 0 Å². The maximum Gasteiger partial charge on any atom is 0.342 e. The van der Waals surface area contributed by atoms with Crippen molar-refractivity contribution in [2.45, 2.75) is 18.3 Å². The molecule has 15 heavy (non-hydrogen) atoms. The smallest absolute Gasteiger partial charge is 0.271 e. The van der Waals surface area contributed by atoms with Crippen LogP contribution in [-0.2, 0) is 0 Å². The quantitative estimate of drug-likeness (QED) is 0.482. The van der Waals surface area contributed by atoms with Gasteiger partial charge in [-0.2, -0.15) is 8.78 Å². The van der Waals surface area contributed by atoms with Crippen molar-refractivity contribution in [1.29, 1.82) is 0 Å². The predicted molar refractivity (Wildman–Crippen MR) is 52.0 cm³/mol. The predicted octanol–water partition coefficient (Wildman–Crippen LogP) is 2.47. The van der Waals surface area contributed by atoms with E-state index in [9.17, 15) is 13.2 Å². The number of hydrogen-bond acceptors (Lipinski definition) is 2. The zero-order valence-electron chi connectivity index (χ0n) is 7.90. The molecule has 0 saturated heterocycles. The number of nitrogens with two attached hydrogens (primary N) is 1. The van der Waals surface area contributed by atoms with Crippen LogP contribution in [-0.4, -0.2) is 5.38 Å². The van der Waals surface area contributed by atoms with Gasteiger partial charge in [0.05, 0.1) is 0 Å². The van der Waals surface area contributed by atoms with E-state index in [0.717, 1.165) is 6.07 Å². The van der Waals surface area contributed by atoms with Crippen LogP contribution in [0.3, 0.4) is 0 Å².